The zero-order valence-electron chi connectivity index (χ0n) is 12.1. The van der Waals surface area contributed by atoms with Crippen LogP contribution in [0.1, 0.15) is 18.4 Å². The van der Waals surface area contributed by atoms with E-state index in [1.807, 2.05) is 0 Å². The first-order valence-corrected chi connectivity index (χ1v) is 6.93. The Morgan fingerprint density at radius 3 is 2.27 bits per heavy atom. The Balaban J connectivity index is 2.59. The van der Waals surface area contributed by atoms with Crippen LogP contribution in [-0.2, 0) is 16.0 Å². The van der Waals surface area contributed by atoms with Crippen molar-refractivity contribution in [3.05, 3.63) is 29.8 Å². The molecule has 6 nitrogen and oxygen atoms in total. The molecule has 7 heteroatoms. The summed E-state index contributed by atoms with van der Waals surface area (Å²) in [5.41, 5.74) is 6.17. The van der Waals surface area contributed by atoms with E-state index in [4.69, 9.17) is 15.6 Å². The molecule has 0 fully saturated rings. The van der Waals surface area contributed by atoms with Gasteiger partial charge in [0.1, 0.15) is 25.1 Å². The van der Waals surface area contributed by atoms with E-state index in [-0.39, 0.29) is 25.9 Å². The third kappa shape index (κ3) is 6.09. The van der Waals surface area contributed by atoms with Gasteiger partial charge in [-0.15, -0.1) is 0 Å². The van der Waals surface area contributed by atoms with Crippen LogP contribution in [0.4, 0.5) is 4.39 Å². The van der Waals surface area contributed by atoms with E-state index in [0.29, 0.717) is 5.75 Å². The summed E-state index contributed by atoms with van der Waals surface area (Å²) in [4.78, 5) is 21.9. The number of carboxylic acids is 2. The second kappa shape index (κ2) is 8.99. The quantitative estimate of drug-likeness (QED) is 0.603. The highest BCUT2D eigenvalue weighted by molar-refractivity contribution is 5.73. The highest BCUT2D eigenvalue weighted by atomic mass is 18.2. The summed E-state index contributed by atoms with van der Waals surface area (Å²) in [6, 6.07) is 5.65. The molecule has 0 aliphatic rings. The van der Waals surface area contributed by atoms with Gasteiger partial charge in [-0.2, -0.15) is 0 Å². The SMILES string of the molecule is N[C@@H](CCC(Cc1ccc(OCC[18F])cc1)C(=O)O)C(=O)O. The maximum absolute atomic E-state index is 12.0. The van der Waals surface area contributed by atoms with Crippen molar-refractivity contribution in [3.8, 4) is 5.75 Å². The lowest BCUT2D eigenvalue weighted by molar-refractivity contribution is -0.143. The average Bonchev–Trinajstić information content (AvgIpc) is 2.49. The lowest BCUT2D eigenvalue weighted by Gasteiger charge is -2.14. The van der Waals surface area contributed by atoms with Crippen LogP contribution in [0.25, 0.3) is 0 Å². The molecule has 0 spiro atoms. The van der Waals surface area contributed by atoms with Crippen LogP contribution in [0.2, 0.25) is 0 Å². The molecular weight excluding hydrogens is 292 g/mol. The van der Waals surface area contributed by atoms with Crippen LogP contribution in [0, 0.1) is 5.92 Å². The van der Waals surface area contributed by atoms with Gasteiger partial charge in [0.05, 0.1) is 5.92 Å². The van der Waals surface area contributed by atoms with Gasteiger partial charge < -0.3 is 20.7 Å². The summed E-state index contributed by atoms with van der Waals surface area (Å²) < 4.78 is 17.1. The molecule has 22 heavy (non-hydrogen) atoms. The number of hydrogen-bond donors (Lipinski definition) is 3. The number of carboxylic acid groups (broad SMARTS) is 2. The lowest BCUT2D eigenvalue weighted by Crippen LogP contribution is -2.31. The van der Waals surface area contributed by atoms with Crippen molar-refractivity contribution >= 4 is 11.9 Å². The molecule has 4 N–H and O–H groups in total. The second-order valence-corrected chi connectivity index (χ2v) is 4.94. The van der Waals surface area contributed by atoms with Gasteiger partial charge in [-0.05, 0) is 37.0 Å². The number of nitrogens with two attached hydrogens (primary N) is 1. The second-order valence-electron chi connectivity index (χ2n) is 4.94. The lowest BCUT2D eigenvalue weighted by atomic mass is 9.93. The predicted molar refractivity (Wildman–Crippen MR) is 77.6 cm³/mol. The number of halogens is 1. The monoisotopic (exact) mass is 312 g/mol. The van der Waals surface area contributed by atoms with Gasteiger partial charge in [-0.1, -0.05) is 12.1 Å². The van der Waals surface area contributed by atoms with Gasteiger partial charge in [-0.3, -0.25) is 9.59 Å². The first-order chi connectivity index (χ1) is 10.4. The molecule has 0 aliphatic heterocycles. The standard InChI is InChI=1S/C15H20FNO5/c16-7-8-22-12-4-1-10(2-5-12)9-11(14(18)19)3-6-13(17)15(20)21/h1-2,4-5,11,13H,3,6-9,17H2,(H,18,19)(H,20,21)/t11?,13-/m0/s1/i16-1. The van der Waals surface area contributed by atoms with Crippen molar-refractivity contribution in [2.75, 3.05) is 13.3 Å². The fourth-order valence-electron chi connectivity index (χ4n) is 1.98. The first kappa shape index (κ1) is 17.9. The number of aliphatic carboxylic acids is 2. The predicted octanol–water partition coefficient (Wildman–Crippen LogP) is 1.47. The molecule has 0 aliphatic carbocycles. The summed E-state index contributed by atoms with van der Waals surface area (Å²) in [5, 5.41) is 17.9. The summed E-state index contributed by atoms with van der Waals surface area (Å²) >= 11 is 0. The maximum Gasteiger partial charge on any atom is 0.320 e. The Kier molecular flexibility index (Phi) is 7.31. The van der Waals surface area contributed by atoms with Gasteiger partial charge in [-0.25, -0.2) is 4.39 Å². The molecule has 0 aromatic heterocycles. The van der Waals surface area contributed by atoms with Crippen molar-refractivity contribution in [3.63, 3.8) is 0 Å². The van der Waals surface area contributed by atoms with E-state index in [2.05, 4.69) is 0 Å². The van der Waals surface area contributed by atoms with E-state index < -0.39 is 30.6 Å². The minimum Gasteiger partial charge on any atom is -0.491 e. The minimum atomic E-state index is -1.14. The zero-order chi connectivity index (χ0) is 16.5. The fourth-order valence-corrected chi connectivity index (χ4v) is 1.98. The maximum atomic E-state index is 12.0. The number of benzene rings is 1. The Bertz CT molecular complexity index is 491. The Morgan fingerprint density at radius 2 is 1.77 bits per heavy atom. The summed E-state index contributed by atoms with van der Waals surface area (Å²) in [7, 11) is 0. The van der Waals surface area contributed by atoms with E-state index in [1.165, 1.54) is 0 Å². The summed E-state index contributed by atoms with van der Waals surface area (Å²) in [6.07, 6.45) is 0.554. The number of carbonyl (C=O) groups is 2. The highest BCUT2D eigenvalue weighted by Gasteiger charge is 2.21. The van der Waals surface area contributed by atoms with Gasteiger partial charge >= 0.3 is 11.9 Å². The normalized spacial score (nSPS) is 13.4. The molecule has 1 aromatic rings. The van der Waals surface area contributed by atoms with Gasteiger partial charge in [0.25, 0.3) is 0 Å². The molecular formula is C15H20FNO5. The van der Waals surface area contributed by atoms with Crippen LogP contribution < -0.4 is 10.5 Å². The van der Waals surface area contributed by atoms with Crippen molar-refractivity contribution in [1.29, 1.82) is 0 Å². The summed E-state index contributed by atoms with van der Waals surface area (Å²) in [6.45, 7) is -0.600. The molecule has 1 aromatic carbocycles. The molecule has 0 amide bonds. The Labute approximate surface area is 127 Å². The third-order valence-electron chi connectivity index (χ3n) is 3.24. The Morgan fingerprint density at radius 1 is 1.14 bits per heavy atom. The van der Waals surface area contributed by atoms with Crippen LogP contribution in [0.5, 0.6) is 5.75 Å². The molecule has 1 rings (SSSR count). The van der Waals surface area contributed by atoms with E-state index in [0.717, 1.165) is 5.56 Å². The zero-order valence-corrected chi connectivity index (χ0v) is 12.1. The third-order valence-corrected chi connectivity index (χ3v) is 3.24. The number of rotatable bonds is 10. The number of hydrogen-bond acceptors (Lipinski definition) is 4. The van der Waals surface area contributed by atoms with Gasteiger partial charge in [0.15, 0.2) is 0 Å². The summed E-state index contributed by atoms with van der Waals surface area (Å²) in [5.74, 6) is -2.32. The van der Waals surface area contributed by atoms with E-state index in [1.54, 1.807) is 24.3 Å². The molecule has 0 bridgehead atoms. The van der Waals surface area contributed by atoms with Crippen molar-refractivity contribution in [1.82, 2.24) is 0 Å². The molecule has 0 saturated carbocycles. The van der Waals surface area contributed by atoms with Crippen LogP contribution >= 0.6 is 0 Å². The highest BCUT2D eigenvalue weighted by Crippen LogP contribution is 2.18. The molecule has 2 atom stereocenters. The average molecular weight is 312 g/mol. The first-order valence-electron chi connectivity index (χ1n) is 6.93. The van der Waals surface area contributed by atoms with E-state index in [9.17, 15) is 19.1 Å². The molecule has 0 saturated heterocycles. The molecule has 1 unspecified atom stereocenters. The van der Waals surface area contributed by atoms with Crippen LogP contribution in [-0.4, -0.2) is 41.5 Å². The fraction of sp³-hybridized carbons (Fsp3) is 0.467. The minimum absolute atomic E-state index is 0.0236. The molecule has 0 radical (unpaired) electrons. The topological polar surface area (TPSA) is 110 Å². The van der Waals surface area contributed by atoms with Crippen molar-refractivity contribution in [2.24, 2.45) is 11.7 Å². The Hall–Kier alpha value is -2.15. The van der Waals surface area contributed by atoms with Crippen molar-refractivity contribution < 1.29 is 28.9 Å². The molecule has 0 heterocycles. The van der Waals surface area contributed by atoms with Gasteiger partial charge in [0.2, 0.25) is 0 Å². The number of alkyl halides is 1. The smallest absolute Gasteiger partial charge is 0.320 e. The largest absolute Gasteiger partial charge is 0.491 e. The van der Waals surface area contributed by atoms with Gasteiger partial charge in [0, 0.05) is 0 Å². The van der Waals surface area contributed by atoms with Crippen LogP contribution in [0.15, 0.2) is 24.3 Å². The van der Waals surface area contributed by atoms with Crippen molar-refractivity contribution in [2.45, 2.75) is 25.3 Å². The van der Waals surface area contributed by atoms with E-state index >= 15 is 0 Å². The van der Waals surface area contributed by atoms with Crippen LogP contribution in [0.3, 0.4) is 0 Å². The number of ether oxygens (including phenoxy) is 1. The molecule has 122 valence electrons.